The molecule has 5 nitrogen and oxygen atoms in total. The molecule has 24 heavy (non-hydrogen) atoms. The van der Waals surface area contributed by atoms with E-state index < -0.39 is 10.0 Å². The average molecular weight is 360 g/mol. The van der Waals surface area contributed by atoms with Crippen LogP contribution < -0.4 is 9.46 Å². The summed E-state index contributed by atoms with van der Waals surface area (Å²) in [6.07, 6.45) is 1.68. The van der Waals surface area contributed by atoms with Gasteiger partial charge in [0.25, 0.3) is 5.19 Å². The van der Waals surface area contributed by atoms with E-state index in [-0.39, 0.29) is 12.3 Å². The molecular weight excluding hydrogens is 344 g/mol. The number of hydrogen-bond acceptors (Lipinski definition) is 5. The molecule has 0 atom stereocenters. The van der Waals surface area contributed by atoms with E-state index in [1.54, 1.807) is 30.5 Å². The fraction of sp³-hybridized carbons (Fsp3) is 0.118. The van der Waals surface area contributed by atoms with Crippen LogP contribution in [-0.4, -0.2) is 13.4 Å². The Labute approximate surface area is 145 Å². The van der Waals surface area contributed by atoms with Gasteiger partial charge in [-0.2, -0.15) is 0 Å². The van der Waals surface area contributed by atoms with E-state index in [9.17, 15) is 8.42 Å². The third kappa shape index (κ3) is 4.89. The molecule has 124 valence electrons. The van der Waals surface area contributed by atoms with E-state index in [1.807, 2.05) is 35.7 Å². The highest BCUT2D eigenvalue weighted by molar-refractivity contribution is 7.88. The first kappa shape index (κ1) is 16.6. The normalized spacial score (nSPS) is 11.3. The molecule has 3 aromatic rings. The molecule has 0 fully saturated rings. The summed E-state index contributed by atoms with van der Waals surface area (Å²) in [5.74, 6) is 0.639. The molecular formula is C17H16N2O3S2. The average Bonchev–Trinajstić information content (AvgIpc) is 3.08. The summed E-state index contributed by atoms with van der Waals surface area (Å²) < 4.78 is 32.4. The Morgan fingerprint density at radius 2 is 1.75 bits per heavy atom. The number of rotatable bonds is 7. The third-order valence-corrected chi connectivity index (χ3v) is 5.18. The van der Waals surface area contributed by atoms with Crippen molar-refractivity contribution in [2.45, 2.75) is 12.3 Å². The predicted molar refractivity (Wildman–Crippen MR) is 94.5 cm³/mol. The summed E-state index contributed by atoms with van der Waals surface area (Å²) in [4.78, 5) is 4.05. The molecule has 0 spiro atoms. The van der Waals surface area contributed by atoms with Crippen molar-refractivity contribution in [3.8, 4) is 10.9 Å². The molecule has 0 radical (unpaired) electrons. The van der Waals surface area contributed by atoms with Crippen molar-refractivity contribution in [2.75, 3.05) is 0 Å². The Balaban J connectivity index is 1.56. The lowest BCUT2D eigenvalue weighted by Gasteiger charge is -2.08. The molecule has 2 aromatic carbocycles. The largest absolute Gasteiger partial charge is 0.431 e. The van der Waals surface area contributed by atoms with E-state index in [0.29, 0.717) is 10.9 Å². The topological polar surface area (TPSA) is 68.3 Å². The first-order chi connectivity index (χ1) is 11.6. The Hall–Kier alpha value is -2.22. The first-order valence-corrected chi connectivity index (χ1v) is 9.81. The van der Waals surface area contributed by atoms with Crippen molar-refractivity contribution in [3.63, 3.8) is 0 Å². The summed E-state index contributed by atoms with van der Waals surface area (Å²) in [7, 11) is -3.37. The standard InChI is InChI=1S/C17H16N2O3S2/c20-24(21,13-15-4-2-1-3-5-15)19-12-14-6-8-16(9-7-14)22-17-18-10-11-23-17/h1-11,19H,12-13H2. The second-order valence-electron chi connectivity index (χ2n) is 5.11. The zero-order valence-corrected chi connectivity index (χ0v) is 14.4. The number of benzene rings is 2. The summed E-state index contributed by atoms with van der Waals surface area (Å²) in [6.45, 7) is 0.243. The minimum atomic E-state index is -3.37. The third-order valence-electron chi connectivity index (χ3n) is 3.23. The fourth-order valence-electron chi connectivity index (χ4n) is 2.07. The minimum Gasteiger partial charge on any atom is -0.431 e. The monoisotopic (exact) mass is 360 g/mol. The maximum atomic E-state index is 12.1. The molecule has 0 aliphatic heterocycles. The molecule has 1 heterocycles. The summed E-state index contributed by atoms with van der Waals surface area (Å²) in [5, 5.41) is 2.41. The van der Waals surface area contributed by atoms with Gasteiger partial charge in [-0.3, -0.25) is 0 Å². The number of thiazole rings is 1. The van der Waals surface area contributed by atoms with Crippen molar-refractivity contribution in [2.24, 2.45) is 0 Å². The molecule has 0 aliphatic rings. The van der Waals surface area contributed by atoms with Crippen molar-refractivity contribution < 1.29 is 13.2 Å². The fourth-order valence-corrected chi connectivity index (χ4v) is 3.70. The summed E-state index contributed by atoms with van der Waals surface area (Å²) in [6, 6.07) is 16.3. The van der Waals surface area contributed by atoms with Crippen LogP contribution in [0.25, 0.3) is 0 Å². The van der Waals surface area contributed by atoms with Crippen LogP contribution in [0.5, 0.6) is 10.9 Å². The van der Waals surface area contributed by atoms with Crippen molar-refractivity contribution in [1.82, 2.24) is 9.71 Å². The van der Waals surface area contributed by atoms with E-state index in [4.69, 9.17) is 4.74 Å². The summed E-state index contributed by atoms with van der Waals surface area (Å²) >= 11 is 1.41. The van der Waals surface area contributed by atoms with Gasteiger partial charge >= 0.3 is 0 Å². The first-order valence-electron chi connectivity index (χ1n) is 7.28. The quantitative estimate of drug-likeness (QED) is 0.699. The molecule has 1 aromatic heterocycles. The van der Waals surface area contributed by atoms with Gasteiger partial charge in [-0.25, -0.2) is 18.1 Å². The minimum absolute atomic E-state index is 0.0287. The highest BCUT2D eigenvalue weighted by Gasteiger charge is 2.11. The van der Waals surface area contributed by atoms with Gasteiger partial charge in [0.2, 0.25) is 10.0 Å². The SMILES string of the molecule is O=S(=O)(Cc1ccccc1)NCc1ccc(Oc2nccs2)cc1. The highest BCUT2D eigenvalue weighted by atomic mass is 32.2. The van der Waals surface area contributed by atoms with Gasteiger partial charge in [-0.1, -0.05) is 53.8 Å². The second kappa shape index (κ2) is 7.57. The van der Waals surface area contributed by atoms with E-state index >= 15 is 0 Å². The van der Waals surface area contributed by atoms with Gasteiger partial charge in [-0.15, -0.1) is 0 Å². The molecule has 0 aliphatic carbocycles. The number of ether oxygens (including phenoxy) is 1. The van der Waals surface area contributed by atoms with Crippen LogP contribution in [0.1, 0.15) is 11.1 Å². The maximum absolute atomic E-state index is 12.1. The summed E-state index contributed by atoms with van der Waals surface area (Å²) in [5.41, 5.74) is 1.62. The van der Waals surface area contributed by atoms with Crippen LogP contribution in [0.3, 0.4) is 0 Å². The number of sulfonamides is 1. The van der Waals surface area contributed by atoms with Crippen LogP contribution in [0.2, 0.25) is 0 Å². The number of aromatic nitrogens is 1. The van der Waals surface area contributed by atoms with Crippen LogP contribution in [-0.2, 0) is 22.3 Å². The second-order valence-corrected chi connectivity index (χ2v) is 7.77. The maximum Gasteiger partial charge on any atom is 0.278 e. The van der Waals surface area contributed by atoms with Crippen molar-refractivity contribution in [3.05, 3.63) is 77.3 Å². The lowest BCUT2D eigenvalue weighted by Crippen LogP contribution is -2.24. The van der Waals surface area contributed by atoms with Gasteiger partial charge < -0.3 is 4.74 Å². The molecule has 3 rings (SSSR count). The van der Waals surface area contributed by atoms with Gasteiger partial charge in [-0.05, 0) is 23.3 Å². The van der Waals surface area contributed by atoms with Gasteiger partial charge in [0.05, 0.1) is 5.75 Å². The molecule has 0 saturated heterocycles. The number of hydrogen-bond donors (Lipinski definition) is 1. The molecule has 0 bridgehead atoms. The van der Waals surface area contributed by atoms with Gasteiger partial charge in [0, 0.05) is 18.1 Å². The van der Waals surface area contributed by atoms with Crippen molar-refractivity contribution >= 4 is 21.4 Å². The lowest BCUT2D eigenvalue weighted by atomic mass is 10.2. The smallest absolute Gasteiger partial charge is 0.278 e. The van der Waals surface area contributed by atoms with Crippen molar-refractivity contribution in [1.29, 1.82) is 0 Å². The molecule has 7 heteroatoms. The Morgan fingerprint density at radius 1 is 1.00 bits per heavy atom. The molecule has 0 saturated carbocycles. The van der Waals surface area contributed by atoms with Gasteiger partial charge in [0.15, 0.2) is 0 Å². The highest BCUT2D eigenvalue weighted by Crippen LogP contribution is 2.23. The van der Waals surface area contributed by atoms with Crippen LogP contribution >= 0.6 is 11.3 Å². The Bertz CT molecular complexity index is 862. The van der Waals surface area contributed by atoms with Crippen LogP contribution in [0, 0.1) is 0 Å². The van der Waals surface area contributed by atoms with E-state index in [0.717, 1.165) is 11.1 Å². The van der Waals surface area contributed by atoms with Gasteiger partial charge in [0.1, 0.15) is 5.75 Å². The number of nitrogens with zero attached hydrogens (tertiary/aromatic N) is 1. The molecule has 1 N–H and O–H groups in total. The van der Waals surface area contributed by atoms with Crippen LogP contribution in [0.4, 0.5) is 0 Å². The zero-order chi connectivity index (χ0) is 16.8. The van der Waals surface area contributed by atoms with E-state index in [1.165, 1.54) is 11.3 Å². The Morgan fingerprint density at radius 3 is 2.42 bits per heavy atom. The van der Waals surface area contributed by atoms with Crippen LogP contribution in [0.15, 0.2) is 66.2 Å². The lowest BCUT2D eigenvalue weighted by molar-refractivity contribution is 0.478. The zero-order valence-electron chi connectivity index (χ0n) is 12.8. The molecule has 0 amide bonds. The predicted octanol–water partition coefficient (Wildman–Crippen LogP) is 3.56. The van der Waals surface area contributed by atoms with E-state index in [2.05, 4.69) is 9.71 Å². The molecule has 0 unspecified atom stereocenters. The number of nitrogens with one attached hydrogen (secondary N) is 1. The Kier molecular flexibility index (Phi) is 5.24.